The number of thiocarbonyl (C=S) groups is 1. The second-order valence-electron chi connectivity index (χ2n) is 5.47. The number of anilines is 1. The van der Waals surface area contributed by atoms with Gasteiger partial charge in [-0.1, -0.05) is 18.2 Å². The summed E-state index contributed by atoms with van der Waals surface area (Å²) in [5.74, 6) is 0.847. The number of aryl methyl sites for hydroxylation is 2. The van der Waals surface area contributed by atoms with Gasteiger partial charge in [-0.05, 0) is 73.9 Å². The number of ether oxygens (including phenoxy) is 1. The third kappa shape index (κ3) is 4.46. The Morgan fingerprint density at radius 2 is 1.77 bits per heavy atom. The largest absolute Gasteiger partial charge is 0.497 e. The quantitative estimate of drug-likeness (QED) is 0.822. The summed E-state index contributed by atoms with van der Waals surface area (Å²) in [6, 6.07) is 14.4. The molecule has 1 atom stereocenters. The van der Waals surface area contributed by atoms with Gasteiger partial charge in [-0.3, -0.25) is 0 Å². The van der Waals surface area contributed by atoms with E-state index in [0.717, 1.165) is 17.0 Å². The molecular formula is C18H22N2OS. The molecule has 0 aromatic heterocycles. The lowest BCUT2D eigenvalue weighted by atomic mass is 10.1. The van der Waals surface area contributed by atoms with Crippen molar-refractivity contribution in [3.8, 4) is 5.75 Å². The van der Waals surface area contributed by atoms with Crippen LogP contribution in [-0.4, -0.2) is 12.2 Å². The van der Waals surface area contributed by atoms with Crippen molar-refractivity contribution in [1.29, 1.82) is 0 Å². The fourth-order valence-electron chi connectivity index (χ4n) is 2.40. The van der Waals surface area contributed by atoms with Gasteiger partial charge in [0.2, 0.25) is 0 Å². The molecule has 3 nitrogen and oxygen atoms in total. The number of benzene rings is 2. The average molecular weight is 314 g/mol. The normalized spacial score (nSPS) is 11.6. The minimum atomic E-state index is 0.0982. The van der Waals surface area contributed by atoms with Crippen LogP contribution in [-0.2, 0) is 0 Å². The lowest BCUT2D eigenvalue weighted by molar-refractivity contribution is 0.413. The van der Waals surface area contributed by atoms with Gasteiger partial charge < -0.3 is 15.4 Å². The highest BCUT2D eigenvalue weighted by atomic mass is 32.1. The van der Waals surface area contributed by atoms with Gasteiger partial charge in [-0.25, -0.2) is 0 Å². The summed E-state index contributed by atoms with van der Waals surface area (Å²) >= 11 is 5.41. The highest BCUT2D eigenvalue weighted by Gasteiger charge is 2.08. The zero-order valence-corrected chi connectivity index (χ0v) is 14.3. The molecule has 2 aromatic carbocycles. The summed E-state index contributed by atoms with van der Waals surface area (Å²) in [4.78, 5) is 0. The Bertz CT molecular complexity index is 650. The van der Waals surface area contributed by atoms with Gasteiger partial charge in [0.1, 0.15) is 5.75 Å². The Labute approximate surface area is 137 Å². The molecule has 2 N–H and O–H groups in total. The smallest absolute Gasteiger partial charge is 0.171 e. The molecule has 0 amide bonds. The first-order chi connectivity index (χ1) is 10.5. The van der Waals surface area contributed by atoms with Gasteiger partial charge in [0, 0.05) is 5.69 Å². The molecule has 2 aromatic rings. The van der Waals surface area contributed by atoms with Crippen LogP contribution in [0.1, 0.15) is 29.7 Å². The van der Waals surface area contributed by atoms with Crippen molar-refractivity contribution in [1.82, 2.24) is 5.32 Å². The van der Waals surface area contributed by atoms with E-state index in [9.17, 15) is 0 Å². The van der Waals surface area contributed by atoms with Gasteiger partial charge in [0.05, 0.1) is 13.2 Å². The van der Waals surface area contributed by atoms with Crippen LogP contribution in [0, 0.1) is 13.8 Å². The predicted molar refractivity (Wildman–Crippen MR) is 96.7 cm³/mol. The fourth-order valence-corrected chi connectivity index (χ4v) is 2.70. The van der Waals surface area contributed by atoms with E-state index in [2.05, 4.69) is 55.7 Å². The number of hydrogen-bond donors (Lipinski definition) is 2. The van der Waals surface area contributed by atoms with E-state index in [1.165, 1.54) is 11.1 Å². The SMILES string of the molecule is COc1cccc(C(C)NC(=S)Nc2cc(C)cc(C)c2)c1. The maximum absolute atomic E-state index is 5.41. The molecule has 0 fully saturated rings. The molecule has 0 aliphatic carbocycles. The molecule has 22 heavy (non-hydrogen) atoms. The van der Waals surface area contributed by atoms with Crippen molar-refractivity contribution in [2.75, 3.05) is 12.4 Å². The van der Waals surface area contributed by atoms with Crippen molar-refractivity contribution in [3.63, 3.8) is 0 Å². The lowest BCUT2D eigenvalue weighted by Crippen LogP contribution is -2.30. The van der Waals surface area contributed by atoms with Gasteiger partial charge in [0.15, 0.2) is 5.11 Å². The van der Waals surface area contributed by atoms with Crippen molar-refractivity contribution in [2.45, 2.75) is 26.8 Å². The van der Waals surface area contributed by atoms with Crippen LogP contribution in [0.3, 0.4) is 0 Å². The standard InChI is InChI=1S/C18H22N2OS/c1-12-8-13(2)10-16(9-12)20-18(22)19-14(3)15-6-5-7-17(11-15)21-4/h5-11,14H,1-4H3,(H2,19,20,22). The van der Waals surface area contributed by atoms with Crippen LogP contribution < -0.4 is 15.4 Å². The van der Waals surface area contributed by atoms with Crippen molar-refractivity contribution >= 4 is 23.0 Å². The zero-order chi connectivity index (χ0) is 16.1. The van der Waals surface area contributed by atoms with Crippen LogP contribution in [0.2, 0.25) is 0 Å². The highest BCUT2D eigenvalue weighted by Crippen LogP contribution is 2.19. The molecule has 2 rings (SSSR count). The third-order valence-corrected chi connectivity index (χ3v) is 3.64. The molecule has 0 aliphatic heterocycles. The number of hydrogen-bond acceptors (Lipinski definition) is 2. The summed E-state index contributed by atoms with van der Waals surface area (Å²) in [6.45, 7) is 6.23. The monoisotopic (exact) mass is 314 g/mol. The number of methoxy groups -OCH3 is 1. The summed E-state index contributed by atoms with van der Waals surface area (Å²) in [6.07, 6.45) is 0. The van der Waals surface area contributed by atoms with Crippen molar-refractivity contribution in [2.24, 2.45) is 0 Å². The molecule has 0 saturated heterocycles. The first kappa shape index (κ1) is 16.3. The first-order valence-corrected chi connectivity index (χ1v) is 7.68. The second kappa shape index (κ2) is 7.27. The van der Waals surface area contributed by atoms with Gasteiger partial charge in [0.25, 0.3) is 0 Å². The maximum Gasteiger partial charge on any atom is 0.171 e. The van der Waals surface area contributed by atoms with Crippen LogP contribution in [0.4, 0.5) is 5.69 Å². The Morgan fingerprint density at radius 3 is 2.41 bits per heavy atom. The fraction of sp³-hybridized carbons (Fsp3) is 0.278. The van der Waals surface area contributed by atoms with Gasteiger partial charge >= 0.3 is 0 Å². The van der Waals surface area contributed by atoms with Crippen LogP contribution in [0.25, 0.3) is 0 Å². The van der Waals surface area contributed by atoms with Crippen molar-refractivity contribution < 1.29 is 4.74 Å². The molecular weight excluding hydrogens is 292 g/mol. The summed E-state index contributed by atoms with van der Waals surface area (Å²) in [5.41, 5.74) is 4.56. The Hall–Kier alpha value is -2.07. The van der Waals surface area contributed by atoms with Crippen LogP contribution in [0.15, 0.2) is 42.5 Å². The lowest BCUT2D eigenvalue weighted by Gasteiger charge is -2.18. The minimum absolute atomic E-state index is 0.0982. The highest BCUT2D eigenvalue weighted by molar-refractivity contribution is 7.80. The van der Waals surface area contributed by atoms with E-state index < -0.39 is 0 Å². The molecule has 0 aliphatic rings. The molecule has 116 valence electrons. The molecule has 0 saturated carbocycles. The third-order valence-electron chi connectivity index (χ3n) is 3.42. The molecule has 4 heteroatoms. The average Bonchev–Trinajstić information content (AvgIpc) is 2.46. The second-order valence-corrected chi connectivity index (χ2v) is 5.88. The van der Waals surface area contributed by atoms with E-state index in [0.29, 0.717) is 5.11 Å². The van der Waals surface area contributed by atoms with E-state index in [1.807, 2.05) is 18.2 Å². The first-order valence-electron chi connectivity index (χ1n) is 7.27. The number of nitrogens with one attached hydrogen (secondary N) is 2. The van der Waals surface area contributed by atoms with Gasteiger partial charge in [-0.2, -0.15) is 0 Å². The minimum Gasteiger partial charge on any atom is -0.497 e. The number of rotatable bonds is 4. The molecule has 1 unspecified atom stereocenters. The summed E-state index contributed by atoms with van der Waals surface area (Å²) in [7, 11) is 1.67. The summed E-state index contributed by atoms with van der Waals surface area (Å²) in [5, 5.41) is 7.15. The predicted octanol–water partition coefficient (Wildman–Crippen LogP) is 4.36. The van der Waals surface area contributed by atoms with Crippen LogP contribution >= 0.6 is 12.2 Å². The Kier molecular flexibility index (Phi) is 5.39. The molecule has 0 spiro atoms. The van der Waals surface area contributed by atoms with E-state index in [4.69, 9.17) is 17.0 Å². The molecule has 0 heterocycles. The Balaban J connectivity index is 2.01. The van der Waals surface area contributed by atoms with E-state index in [-0.39, 0.29) is 6.04 Å². The Morgan fingerprint density at radius 1 is 1.09 bits per heavy atom. The van der Waals surface area contributed by atoms with Crippen LogP contribution in [0.5, 0.6) is 5.75 Å². The molecule has 0 bridgehead atoms. The maximum atomic E-state index is 5.41. The summed E-state index contributed by atoms with van der Waals surface area (Å²) < 4.78 is 5.26. The topological polar surface area (TPSA) is 33.3 Å². The van der Waals surface area contributed by atoms with Gasteiger partial charge in [-0.15, -0.1) is 0 Å². The molecule has 0 radical (unpaired) electrons. The van der Waals surface area contributed by atoms with E-state index >= 15 is 0 Å². The van der Waals surface area contributed by atoms with Crippen molar-refractivity contribution in [3.05, 3.63) is 59.2 Å². The van der Waals surface area contributed by atoms with E-state index in [1.54, 1.807) is 7.11 Å². The zero-order valence-electron chi connectivity index (χ0n) is 13.4.